The minimum Gasteiger partial charge on any atom is -0.398 e. The van der Waals surface area contributed by atoms with Crippen LogP contribution in [-0.2, 0) is 12.8 Å². The fourth-order valence-electron chi connectivity index (χ4n) is 2.71. The van der Waals surface area contributed by atoms with Crippen LogP contribution in [0.15, 0.2) is 24.5 Å². The lowest BCUT2D eigenvalue weighted by Gasteiger charge is -2.14. The molecule has 98 valence electrons. The first kappa shape index (κ1) is 12.0. The van der Waals surface area contributed by atoms with Gasteiger partial charge in [-0.3, -0.25) is 4.79 Å². The van der Waals surface area contributed by atoms with Crippen molar-refractivity contribution in [3.63, 3.8) is 0 Å². The molecule has 1 heterocycles. The molecule has 4 nitrogen and oxygen atoms in total. The molecular weight excluding hydrogens is 238 g/mol. The van der Waals surface area contributed by atoms with Crippen molar-refractivity contribution in [1.82, 2.24) is 9.55 Å². The third-order valence-electron chi connectivity index (χ3n) is 3.72. The second-order valence-electron chi connectivity index (χ2n) is 5.04. The predicted molar refractivity (Wildman–Crippen MR) is 74.6 cm³/mol. The van der Waals surface area contributed by atoms with E-state index in [0.29, 0.717) is 11.3 Å². The Hall–Kier alpha value is -2.10. The molecule has 1 aromatic carbocycles. The highest BCUT2D eigenvalue weighted by molar-refractivity contribution is 5.99. The van der Waals surface area contributed by atoms with Crippen molar-refractivity contribution in [3.05, 3.63) is 41.5 Å². The summed E-state index contributed by atoms with van der Waals surface area (Å²) in [6.07, 6.45) is 6.40. The van der Waals surface area contributed by atoms with Gasteiger partial charge in [-0.2, -0.15) is 0 Å². The van der Waals surface area contributed by atoms with E-state index in [1.165, 1.54) is 31.2 Å². The molecule has 2 N–H and O–H groups in total. The SMILES string of the molecule is CC(=O)c1ccc(-n2cnc3c2CCCC3)cc1N. The molecule has 3 rings (SSSR count). The van der Waals surface area contributed by atoms with Crippen molar-refractivity contribution in [2.45, 2.75) is 32.6 Å². The van der Waals surface area contributed by atoms with Crippen LogP contribution in [0.2, 0.25) is 0 Å². The molecule has 0 saturated heterocycles. The Balaban J connectivity index is 2.05. The summed E-state index contributed by atoms with van der Waals surface area (Å²) in [5, 5.41) is 0. The monoisotopic (exact) mass is 255 g/mol. The molecule has 0 atom stereocenters. The van der Waals surface area contributed by atoms with Gasteiger partial charge in [0.25, 0.3) is 0 Å². The van der Waals surface area contributed by atoms with E-state index >= 15 is 0 Å². The van der Waals surface area contributed by atoms with Crippen LogP contribution >= 0.6 is 0 Å². The maximum atomic E-state index is 11.4. The number of imidazole rings is 1. The molecule has 1 aromatic heterocycles. The lowest BCUT2D eigenvalue weighted by molar-refractivity contribution is 0.101. The molecule has 0 bridgehead atoms. The number of hydrogen-bond acceptors (Lipinski definition) is 3. The summed E-state index contributed by atoms with van der Waals surface area (Å²) in [7, 11) is 0. The number of nitrogens with zero attached hydrogens (tertiary/aromatic N) is 2. The van der Waals surface area contributed by atoms with Gasteiger partial charge < -0.3 is 10.3 Å². The lowest BCUT2D eigenvalue weighted by atomic mass is 10.0. The maximum absolute atomic E-state index is 11.4. The van der Waals surface area contributed by atoms with Gasteiger partial charge in [-0.05, 0) is 50.8 Å². The fraction of sp³-hybridized carbons (Fsp3) is 0.333. The van der Waals surface area contributed by atoms with Crippen LogP contribution < -0.4 is 5.73 Å². The third kappa shape index (κ3) is 2.03. The summed E-state index contributed by atoms with van der Waals surface area (Å²) in [5.41, 5.74) is 10.5. The van der Waals surface area contributed by atoms with Gasteiger partial charge in [0.15, 0.2) is 5.78 Å². The molecule has 0 spiro atoms. The Labute approximate surface area is 112 Å². The topological polar surface area (TPSA) is 60.9 Å². The average Bonchev–Trinajstić information content (AvgIpc) is 2.82. The average molecular weight is 255 g/mol. The number of rotatable bonds is 2. The summed E-state index contributed by atoms with van der Waals surface area (Å²) in [6, 6.07) is 5.58. The van der Waals surface area contributed by atoms with Crippen LogP contribution in [0, 0.1) is 0 Å². The summed E-state index contributed by atoms with van der Waals surface area (Å²) < 4.78 is 2.09. The largest absolute Gasteiger partial charge is 0.398 e. The van der Waals surface area contributed by atoms with Crippen molar-refractivity contribution in [2.75, 3.05) is 5.73 Å². The number of aryl methyl sites for hydroxylation is 1. The summed E-state index contributed by atoms with van der Waals surface area (Å²) in [5.74, 6) is -0.00305. The van der Waals surface area contributed by atoms with E-state index in [1.807, 2.05) is 18.5 Å². The maximum Gasteiger partial charge on any atom is 0.161 e. The van der Waals surface area contributed by atoms with Crippen LogP contribution in [-0.4, -0.2) is 15.3 Å². The first-order valence-corrected chi connectivity index (χ1v) is 6.63. The van der Waals surface area contributed by atoms with Crippen molar-refractivity contribution in [2.24, 2.45) is 0 Å². The third-order valence-corrected chi connectivity index (χ3v) is 3.72. The molecule has 1 aliphatic carbocycles. The van der Waals surface area contributed by atoms with Gasteiger partial charge >= 0.3 is 0 Å². The first-order chi connectivity index (χ1) is 9.16. The second kappa shape index (κ2) is 4.53. The number of Topliss-reactive ketones (excluding diaryl/α,β-unsaturated/α-hetero) is 1. The smallest absolute Gasteiger partial charge is 0.161 e. The minimum absolute atomic E-state index is 0.00305. The first-order valence-electron chi connectivity index (χ1n) is 6.63. The van der Waals surface area contributed by atoms with Crippen LogP contribution in [0.5, 0.6) is 0 Å². The summed E-state index contributed by atoms with van der Waals surface area (Å²) >= 11 is 0. The molecule has 0 saturated carbocycles. The number of nitrogen functional groups attached to an aromatic ring is 1. The predicted octanol–water partition coefficient (Wildman–Crippen LogP) is 2.54. The molecule has 19 heavy (non-hydrogen) atoms. The quantitative estimate of drug-likeness (QED) is 0.662. The number of carbonyl (C=O) groups is 1. The highest BCUT2D eigenvalue weighted by atomic mass is 16.1. The molecule has 1 aliphatic rings. The number of hydrogen-bond donors (Lipinski definition) is 1. The van der Waals surface area contributed by atoms with Gasteiger partial charge in [0.05, 0.1) is 12.0 Å². The standard InChI is InChI=1S/C15H17N3O/c1-10(19)12-7-6-11(8-13(12)16)18-9-17-14-4-2-3-5-15(14)18/h6-9H,2-5,16H2,1H3. The van der Waals surface area contributed by atoms with Gasteiger partial charge in [-0.15, -0.1) is 0 Å². The Bertz CT molecular complexity index is 643. The van der Waals surface area contributed by atoms with Gasteiger partial charge in [0.2, 0.25) is 0 Å². The van der Waals surface area contributed by atoms with Crippen molar-refractivity contribution in [1.29, 1.82) is 0 Å². The molecule has 0 aliphatic heterocycles. The molecule has 0 unspecified atom stereocenters. The zero-order chi connectivity index (χ0) is 13.4. The van der Waals surface area contributed by atoms with Gasteiger partial charge in [-0.1, -0.05) is 0 Å². The molecular formula is C15H17N3O. The van der Waals surface area contributed by atoms with Crippen LogP contribution in [0.1, 0.15) is 41.5 Å². The van der Waals surface area contributed by atoms with Crippen molar-refractivity contribution >= 4 is 11.5 Å². The molecule has 4 heteroatoms. The highest BCUT2D eigenvalue weighted by Crippen LogP contribution is 2.25. The van der Waals surface area contributed by atoms with E-state index in [2.05, 4.69) is 9.55 Å². The van der Waals surface area contributed by atoms with Crippen molar-refractivity contribution in [3.8, 4) is 5.69 Å². The number of ketones is 1. The van der Waals surface area contributed by atoms with Gasteiger partial charge in [-0.25, -0.2) is 4.98 Å². The minimum atomic E-state index is -0.00305. The number of fused-ring (bicyclic) bond motifs is 1. The number of benzene rings is 1. The second-order valence-corrected chi connectivity index (χ2v) is 5.04. The zero-order valence-electron chi connectivity index (χ0n) is 11.0. The molecule has 0 fully saturated rings. The van der Waals surface area contributed by atoms with Crippen LogP contribution in [0.3, 0.4) is 0 Å². The normalized spacial score (nSPS) is 14.2. The Kier molecular flexibility index (Phi) is 2.85. The number of nitrogens with two attached hydrogens (primary N) is 1. The molecule has 2 aromatic rings. The number of anilines is 1. The Morgan fingerprint density at radius 3 is 2.84 bits per heavy atom. The van der Waals surface area contributed by atoms with E-state index in [4.69, 9.17) is 5.73 Å². The van der Waals surface area contributed by atoms with E-state index in [-0.39, 0.29) is 5.78 Å². The highest BCUT2D eigenvalue weighted by Gasteiger charge is 2.16. The zero-order valence-corrected chi connectivity index (χ0v) is 11.0. The van der Waals surface area contributed by atoms with E-state index in [0.717, 1.165) is 18.5 Å². The number of aromatic nitrogens is 2. The van der Waals surface area contributed by atoms with E-state index in [9.17, 15) is 4.79 Å². The number of carbonyl (C=O) groups excluding carboxylic acids is 1. The van der Waals surface area contributed by atoms with E-state index in [1.54, 1.807) is 6.07 Å². The summed E-state index contributed by atoms with van der Waals surface area (Å²) in [4.78, 5) is 15.9. The van der Waals surface area contributed by atoms with Crippen molar-refractivity contribution < 1.29 is 4.79 Å². The molecule has 0 radical (unpaired) electrons. The van der Waals surface area contributed by atoms with Gasteiger partial charge in [0, 0.05) is 22.6 Å². The Morgan fingerprint density at radius 1 is 1.32 bits per heavy atom. The van der Waals surface area contributed by atoms with Crippen LogP contribution in [0.25, 0.3) is 5.69 Å². The fourth-order valence-corrected chi connectivity index (χ4v) is 2.71. The lowest BCUT2D eigenvalue weighted by Crippen LogP contribution is -2.08. The summed E-state index contributed by atoms with van der Waals surface area (Å²) in [6.45, 7) is 1.53. The molecule has 0 amide bonds. The van der Waals surface area contributed by atoms with Crippen LogP contribution in [0.4, 0.5) is 5.69 Å². The Morgan fingerprint density at radius 2 is 2.11 bits per heavy atom. The van der Waals surface area contributed by atoms with E-state index < -0.39 is 0 Å². The van der Waals surface area contributed by atoms with Gasteiger partial charge in [0.1, 0.15) is 0 Å².